The Morgan fingerprint density at radius 2 is 0.925 bits per heavy atom. The average molecular weight is 754 g/mol. The van der Waals surface area contributed by atoms with Crippen molar-refractivity contribution >= 4 is 36.2 Å². The Morgan fingerprint density at radius 3 is 1.38 bits per heavy atom. The van der Waals surface area contributed by atoms with E-state index >= 15 is 0 Å². The number of likely N-dealkylation sites (tertiary alicyclic amines) is 1. The topological polar surface area (TPSA) is 200 Å². The number of hydrogen-bond acceptors (Lipinski definition) is 11. The Labute approximate surface area is 314 Å². The lowest BCUT2D eigenvalue weighted by Crippen LogP contribution is -2.46. The highest BCUT2D eigenvalue weighted by atomic mass is 16.6. The van der Waals surface area contributed by atoms with E-state index < -0.39 is 30.2 Å². The highest BCUT2D eigenvalue weighted by Crippen LogP contribution is 2.19. The number of carbonyl (C=O) groups is 6. The molecule has 1 unspecified atom stereocenters. The van der Waals surface area contributed by atoms with Crippen LogP contribution in [0.3, 0.4) is 0 Å². The normalized spacial score (nSPS) is 13.8. The fourth-order valence-corrected chi connectivity index (χ4v) is 5.22. The van der Waals surface area contributed by atoms with Crippen molar-refractivity contribution in [2.75, 3.05) is 65.8 Å². The average Bonchev–Trinajstić information content (AvgIpc) is 3.37. The van der Waals surface area contributed by atoms with Crippen LogP contribution < -0.4 is 21.3 Å². The molecule has 0 aromatic rings. The second-order valence-electron chi connectivity index (χ2n) is 12.9. The summed E-state index contributed by atoms with van der Waals surface area (Å²) in [6.07, 6.45) is 10.7. The molecule has 1 aliphatic heterocycles. The number of nitrogens with zero attached hydrogens (tertiary/aromatic N) is 1. The van der Waals surface area contributed by atoms with Gasteiger partial charge in [-0.15, -0.1) is 0 Å². The van der Waals surface area contributed by atoms with Crippen molar-refractivity contribution in [1.29, 1.82) is 0 Å². The summed E-state index contributed by atoms with van der Waals surface area (Å²) in [6, 6.07) is -0.0621. The summed E-state index contributed by atoms with van der Waals surface area (Å²) in [5.41, 5.74) is 0.571. The minimum Gasteiger partial charge on any atom is -0.459 e. The van der Waals surface area contributed by atoms with Gasteiger partial charge in [-0.1, -0.05) is 58.1 Å². The number of alkyl carbamates (subject to hydrolysis) is 3. The largest absolute Gasteiger partial charge is 0.459 e. The molecule has 0 saturated carbocycles. The number of rotatable bonds is 26. The van der Waals surface area contributed by atoms with E-state index in [1.54, 1.807) is 6.92 Å². The fraction of sp³-hybridized carbons (Fsp3) is 0.730. The van der Waals surface area contributed by atoms with E-state index in [0.29, 0.717) is 39.1 Å². The van der Waals surface area contributed by atoms with Crippen molar-refractivity contribution < 1.29 is 52.5 Å². The van der Waals surface area contributed by atoms with Gasteiger partial charge in [-0.2, -0.15) is 0 Å². The Kier molecular flexibility index (Phi) is 26.3. The van der Waals surface area contributed by atoms with Gasteiger partial charge in [0.1, 0.15) is 26.4 Å². The molecule has 0 aliphatic carbocycles. The summed E-state index contributed by atoms with van der Waals surface area (Å²) in [4.78, 5) is 73.0. The molecular formula is C37H63N5O11. The predicted molar refractivity (Wildman–Crippen MR) is 198 cm³/mol. The molecule has 302 valence electrons. The zero-order valence-electron chi connectivity index (χ0n) is 31.9. The monoisotopic (exact) mass is 753 g/mol. The molecule has 0 aromatic carbocycles. The highest BCUT2D eigenvalue weighted by Gasteiger charge is 2.25. The second kappa shape index (κ2) is 30.0. The zero-order valence-corrected chi connectivity index (χ0v) is 31.9. The van der Waals surface area contributed by atoms with Gasteiger partial charge in [0.15, 0.2) is 0 Å². The molecule has 1 saturated heterocycles. The van der Waals surface area contributed by atoms with Crippen LogP contribution >= 0.6 is 0 Å². The maximum absolute atomic E-state index is 13.0. The van der Waals surface area contributed by atoms with Crippen LogP contribution in [0.25, 0.3) is 0 Å². The summed E-state index contributed by atoms with van der Waals surface area (Å²) in [5, 5.41) is 11.1. The summed E-state index contributed by atoms with van der Waals surface area (Å²) < 4.78 is 25.0. The van der Waals surface area contributed by atoms with Gasteiger partial charge >= 0.3 is 36.2 Å². The number of amides is 5. The summed E-state index contributed by atoms with van der Waals surface area (Å²) >= 11 is 0. The van der Waals surface area contributed by atoms with Crippen LogP contribution in [-0.2, 0) is 33.3 Å². The molecule has 1 rings (SSSR count). The van der Waals surface area contributed by atoms with E-state index in [-0.39, 0.29) is 56.3 Å². The van der Waals surface area contributed by atoms with Crippen molar-refractivity contribution in [2.45, 2.75) is 110 Å². The Balaban J connectivity index is 2.07. The molecule has 0 radical (unpaired) electrons. The third-order valence-electron chi connectivity index (χ3n) is 8.16. The first-order valence-electron chi connectivity index (χ1n) is 18.9. The molecule has 1 atom stereocenters. The molecule has 16 nitrogen and oxygen atoms in total. The van der Waals surface area contributed by atoms with Crippen LogP contribution in [0.2, 0.25) is 0 Å². The van der Waals surface area contributed by atoms with E-state index in [9.17, 15) is 28.8 Å². The molecule has 5 amide bonds. The summed E-state index contributed by atoms with van der Waals surface area (Å²) in [5.74, 6) is -1.04. The van der Waals surface area contributed by atoms with Crippen LogP contribution in [0.15, 0.2) is 24.3 Å². The van der Waals surface area contributed by atoms with Crippen LogP contribution in [0.1, 0.15) is 104 Å². The van der Waals surface area contributed by atoms with Gasteiger partial charge in [0.25, 0.3) is 0 Å². The SMILES string of the molecule is C=C(C)C(=O)OCCOC(=O)NCCCCCCCNC(=O)N1CCCCCC1CCOC(=O)NCCCCCCNC(=O)OCCOC(=O)C(=C)C. The van der Waals surface area contributed by atoms with E-state index in [2.05, 4.69) is 34.4 Å². The van der Waals surface area contributed by atoms with E-state index in [4.69, 9.17) is 23.7 Å². The number of hydrogen-bond donors (Lipinski definition) is 4. The van der Waals surface area contributed by atoms with Gasteiger partial charge in [-0.3, -0.25) is 0 Å². The fourth-order valence-electron chi connectivity index (χ4n) is 5.22. The second-order valence-corrected chi connectivity index (χ2v) is 12.9. The molecule has 1 aliphatic rings. The lowest BCUT2D eigenvalue weighted by atomic mass is 10.1. The molecule has 1 heterocycles. The van der Waals surface area contributed by atoms with Gasteiger partial charge in [-0.25, -0.2) is 28.8 Å². The molecule has 4 N–H and O–H groups in total. The molecule has 0 bridgehead atoms. The quantitative estimate of drug-likeness (QED) is 0.0389. The van der Waals surface area contributed by atoms with Gasteiger partial charge in [0.2, 0.25) is 0 Å². The first-order valence-corrected chi connectivity index (χ1v) is 18.9. The van der Waals surface area contributed by atoms with Gasteiger partial charge in [0, 0.05) is 56.3 Å². The van der Waals surface area contributed by atoms with E-state index in [0.717, 1.165) is 83.5 Å². The number of nitrogens with one attached hydrogen (secondary N) is 4. The first-order chi connectivity index (χ1) is 25.5. The Hall–Kier alpha value is -4.50. The van der Waals surface area contributed by atoms with Crippen molar-refractivity contribution in [3.05, 3.63) is 24.3 Å². The molecule has 53 heavy (non-hydrogen) atoms. The maximum atomic E-state index is 13.0. The number of carbonyl (C=O) groups excluding carboxylic acids is 6. The lowest BCUT2D eigenvalue weighted by Gasteiger charge is -2.30. The number of unbranched alkanes of at least 4 members (excludes halogenated alkanes) is 7. The number of urea groups is 1. The standard InChI is InChI=1S/C37H63N5O11/c1-29(2)32(43)49-25-27-52-36(47)40-20-13-7-5-6-12-19-38-34(45)42-23-16-10-11-17-31(42)18-24-51-35(46)39-21-14-8-9-15-22-41-37(48)53-28-26-50-33(44)30(3)4/h31H,1,3,5-28H2,2,4H3,(H,38,45)(H,39,46)(H,40,47)(H,41,48). The van der Waals surface area contributed by atoms with Crippen molar-refractivity contribution in [1.82, 2.24) is 26.2 Å². The lowest BCUT2D eigenvalue weighted by molar-refractivity contribution is -0.140. The Bertz CT molecular complexity index is 1150. The Morgan fingerprint density at radius 1 is 0.528 bits per heavy atom. The van der Waals surface area contributed by atoms with Gasteiger partial charge < -0.3 is 49.9 Å². The minimum absolute atomic E-state index is 0.0146. The van der Waals surface area contributed by atoms with Crippen LogP contribution in [0.5, 0.6) is 0 Å². The van der Waals surface area contributed by atoms with E-state index in [1.807, 2.05) is 4.90 Å². The third kappa shape index (κ3) is 25.2. The third-order valence-corrected chi connectivity index (χ3v) is 8.16. The molecule has 16 heteroatoms. The highest BCUT2D eigenvalue weighted by molar-refractivity contribution is 5.87. The van der Waals surface area contributed by atoms with Crippen LogP contribution in [0, 0.1) is 0 Å². The van der Waals surface area contributed by atoms with Gasteiger partial charge in [0.05, 0.1) is 6.61 Å². The van der Waals surface area contributed by atoms with Crippen LogP contribution in [0.4, 0.5) is 19.2 Å². The van der Waals surface area contributed by atoms with Crippen molar-refractivity contribution in [3.8, 4) is 0 Å². The van der Waals surface area contributed by atoms with Crippen LogP contribution in [-0.4, -0.2) is 113 Å². The molecule has 0 spiro atoms. The van der Waals surface area contributed by atoms with Crippen molar-refractivity contribution in [3.63, 3.8) is 0 Å². The predicted octanol–water partition coefficient (Wildman–Crippen LogP) is 5.26. The zero-order chi connectivity index (χ0) is 39.1. The first kappa shape index (κ1) is 46.5. The number of ether oxygens (including phenoxy) is 5. The molecule has 0 aromatic heterocycles. The molecule has 1 fully saturated rings. The molecular weight excluding hydrogens is 690 g/mol. The number of esters is 2. The minimum atomic E-state index is -0.568. The smallest absolute Gasteiger partial charge is 0.407 e. The van der Waals surface area contributed by atoms with Gasteiger partial charge in [-0.05, 0) is 52.4 Å². The van der Waals surface area contributed by atoms with E-state index in [1.165, 1.54) is 6.92 Å². The van der Waals surface area contributed by atoms with Crippen molar-refractivity contribution in [2.24, 2.45) is 0 Å². The maximum Gasteiger partial charge on any atom is 0.407 e. The summed E-state index contributed by atoms with van der Waals surface area (Å²) in [7, 11) is 0. The summed E-state index contributed by atoms with van der Waals surface area (Å²) in [6.45, 7) is 12.9.